The largest absolute Gasteiger partial charge is 0.462 e. The molecule has 0 aliphatic rings. The number of hydrogen-bond donors (Lipinski definition) is 3. The standard InChI is InChI=1S/C16H16ClN3O4S/c1-3-24-15(22)12-8(2)11(13(18)21)14(25-12)20-16(23)19-10-6-4-5-9(17)7-10/h4-7H,3H2,1-2H3,(H2,18,21)(H2,19,20,23). The molecule has 1 heterocycles. The van der Waals surface area contributed by atoms with Gasteiger partial charge < -0.3 is 15.8 Å². The lowest BCUT2D eigenvalue weighted by atomic mass is 10.1. The van der Waals surface area contributed by atoms with Gasteiger partial charge in [0.15, 0.2) is 0 Å². The van der Waals surface area contributed by atoms with Crippen LogP contribution in [0.3, 0.4) is 0 Å². The molecule has 0 radical (unpaired) electrons. The van der Waals surface area contributed by atoms with Crippen LogP contribution in [0.5, 0.6) is 0 Å². The number of esters is 1. The molecule has 1 aromatic carbocycles. The van der Waals surface area contributed by atoms with Crippen molar-refractivity contribution in [1.29, 1.82) is 0 Å². The van der Waals surface area contributed by atoms with Gasteiger partial charge in [-0.3, -0.25) is 10.1 Å². The maximum Gasteiger partial charge on any atom is 0.348 e. The van der Waals surface area contributed by atoms with E-state index in [1.165, 1.54) is 0 Å². The van der Waals surface area contributed by atoms with Gasteiger partial charge in [-0.25, -0.2) is 9.59 Å². The van der Waals surface area contributed by atoms with Gasteiger partial charge >= 0.3 is 12.0 Å². The number of primary amides is 1. The average molecular weight is 382 g/mol. The van der Waals surface area contributed by atoms with E-state index < -0.39 is 17.9 Å². The van der Waals surface area contributed by atoms with Gasteiger partial charge in [0.25, 0.3) is 5.91 Å². The average Bonchev–Trinajstić information content (AvgIpc) is 2.83. The number of urea groups is 1. The molecule has 0 saturated carbocycles. The summed E-state index contributed by atoms with van der Waals surface area (Å²) in [7, 11) is 0. The van der Waals surface area contributed by atoms with Crippen molar-refractivity contribution in [1.82, 2.24) is 0 Å². The van der Waals surface area contributed by atoms with Gasteiger partial charge in [0.1, 0.15) is 9.88 Å². The number of benzene rings is 1. The Balaban J connectivity index is 2.25. The second-order valence-electron chi connectivity index (χ2n) is 4.93. The molecule has 0 atom stereocenters. The number of thiophene rings is 1. The summed E-state index contributed by atoms with van der Waals surface area (Å²) >= 11 is 6.79. The number of carbonyl (C=O) groups is 3. The lowest BCUT2D eigenvalue weighted by molar-refractivity contribution is 0.0531. The lowest BCUT2D eigenvalue weighted by Crippen LogP contribution is -2.21. The van der Waals surface area contributed by atoms with Gasteiger partial charge in [0.2, 0.25) is 0 Å². The molecule has 1 aromatic heterocycles. The number of nitrogens with one attached hydrogen (secondary N) is 2. The van der Waals surface area contributed by atoms with Gasteiger partial charge in [-0.2, -0.15) is 0 Å². The monoisotopic (exact) mass is 381 g/mol. The van der Waals surface area contributed by atoms with E-state index in [-0.39, 0.29) is 22.0 Å². The van der Waals surface area contributed by atoms with Crippen molar-refractivity contribution >= 4 is 51.5 Å². The quantitative estimate of drug-likeness (QED) is 0.686. The molecule has 25 heavy (non-hydrogen) atoms. The molecule has 4 N–H and O–H groups in total. The first kappa shape index (κ1) is 18.8. The third-order valence-electron chi connectivity index (χ3n) is 3.16. The first-order valence-corrected chi connectivity index (χ1v) is 8.46. The summed E-state index contributed by atoms with van der Waals surface area (Å²) in [5.74, 6) is -1.32. The van der Waals surface area contributed by atoms with Crippen molar-refractivity contribution in [3.8, 4) is 0 Å². The van der Waals surface area contributed by atoms with Crippen LogP contribution in [0, 0.1) is 6.92 Å². The molecular formula is C16H16ClN3O4S. The van der Waals surface area contributed by atoms with Crippen LogP contribution in [0.4, 0.5) is 15.5 Å². The normalized spacial score (nSPS) is 10.2. The predicted octanol–water partition coefficient (Wildman–Crippen LogP) is 3.63. The van der Waals surface area contributed by atoms with E-state index >= 15 is 0 Å². The van der Waals surface area contributed by atoms with Crippen LogP contribution in [0.25, 0.3) is 0 Å². The fourth-order valence-corrected chi connectivity index (χ4v) is 3.41. The van der Waals surface area contributed by atoms with Crippen molar-refractivity contribution in [2.75, 3.05) is 17.2 Å². The number of anilines is 2. The fourth-order valence-electron chi connectivity index (χ4n) is 2.12. The highest BCUT2D eigenvalue weighted by atomic mass is 35.5. The van der Waals surface area contributed by atoms with Crippen LogP contribution < -0.4 is 16.4 Å². The summed E-state index contributed by atoms with van der Waals surface area (Å²) in [6.45, 7) is 3.44. The van der Waals surface area contributed by atoms with Crippen LogP contribution in [0.1, 0.15) is 32.5 Å². The molecule has 0 spiro atoms. The van der Waals surface area contributed by atoms with Gasteiger partial charge in [-0.1, -0.05) is 17.7 Å². The first-order chi connectivity index (χ1) is 11.8. The zero-order valence-electron chi connectivity index (χ0n) is 13.5. The van der Waals surface area contributed by atoms with E-state index in [1.807, 2.05) is 0 Å². The SMILES string of the molecule is CCOC(=O)c1sc(NC(=O)Nc2cccc(Cl)c2)c(C(N)=O)c1C. The van der Waals surface area contributed by atoms with Crippen LogP contribution in [0.15, 0.2) is 24.3 Å². The molecule has 132 valence electrons. The zero-order chi connectivity index (χ0) is 18.6. The number of carbonyl (C=O) groups excluding carboxylic acids is 3. The molecule has 7 nitrogen and oxygen atoms in total. The Hall–Kier alpha value is -2.58. The highest BCUT2D eigenvalue weighted by Gasteiger charge is 2.25. The Kier molecular flexibility index (Phi) is 6.00. The van der Waals surface area contributed by atoms with E-state index in [2.05, 4.69) is 10.6 Å². The third kappa shape index (κ3) is 4.49. The smallest absolute Gasteiger partial charge is 0.348 e. The molecule has 2 aromatic rings. The summed E-state index contributed by atoms with van der Waals surface area (Å²) in [5.41, 5.74) is 6.30. The molecule has 0 fully saturated rings. The van der Waals surface area contributed by atoms with Crippen LogP contribution >= 0.6 is 22.9 Å². The second-order valence-corrected chi connectivity index (χ2v) is 6.39. The molecule has 0 aliphatic heterocycles. The number of ether oxygens (including phenoxy) is 1. The van der Waals surface area contributed by atoms with Crippen LogP contribution in [-0.4, -0.2) is 24.5 Å². The molecular weight excluding hydrogens is 366 g/mol. The number of nitrogens with two attached hydrogens (primary N) is 1. The first-order valence-electron chi connectivity index (χ1n) is 7.27. The van der Waals surface area contributed by atoms with E-state index in [0.717, 1.165) is 11.3 Å². The number of halogens is 1. The van der Waals surface area contributed by atoms with E-state index in [9.17, 15) is 14.4 Å². The summed E-state index contributed by atoms with van der Waals surface area (Å²) in [6.07, 6.45) is 0. The van der Waals surface area contributed by atoms with Gasteiger partial charge in [-0.15, -0.1) is 11.3 Å². The molecule has 3 amide bonds. The number of hydrogen-bond acceptors (Lipinski definition) is 5. The Morgan fingerprint density at radius 1 is 1.28 bits per heavy atom. The van der Waals surface area contributed by atoms with Crippen molar-refractivity contribution in [2.24, 2.45) is 5.73 Å². The maximum atomic E-state index is 12.2. The Morgan fingerprint density at radius 3 is 2.60 bits per heavy atom. The van der Waals surface area contributed by atoms with Gasteiger partial charge in [0, 0.05) is 10.7 Å². The van der Waals surface area contributed by atoms with Crippen LogP contribution in [0.2, 0.25) is 5.02 Å². The minimum atomic E-state index is -0.748. The van der Waals surface area contributed by atoms with E-state index in [4.69, 9.17) is 22.1 Å². The molecule has 0 saturated heterocycles. The van der Waals surface area contributed by atoms with Crippen molar-refractivity contribution < 1.29 is 19.1 Å². The Bertz CT molecular complexity index is 835. The van der Waals surface area contributed by atoms with Crippen LogP contribution in [-0.2, 0) is 4.74 Å². The van der Waals surface area contributed by atoms with Gasteiger partial charge in [0.05, 0.1) is 12.2 Å². The minimum absolute atomic E-state index is 0.0781. The minimum Gasteiger partial charge on any atom is -0.462 e. The van der Waals surface area contributed by atoms with Crippen molar-refractivity contribution in [3.05, 3.63) is 45.3 Å². The zero-order valence-corrected chi connectivity index (χ0v) is 15.1. The highest BCUT2D eigenvalue weighted by Crippen LogP contribution is 2.33. The summed E-state index contributed by atoms with van der Waals surface area (Å²) in [6, 6.07) is 5.98. The topological polar surface area (TPSA) is 111 Å². The molecule has 9 heteroatoms. The third-order valence-corrected chi connectivity index (χ3v) is 4.59. The Morgan fingerprint density at radius 2 is 2.00 bits per heavy atom. The molecule has 0 bridgehead atoms. The molecule has 2 rings (SSSR count). The second kappa shape index (κ2) is 8.00. The maximum absolute atomic E-state index is 12.2. The molecule has 0 unspecified atom stereocenters. The lowest BCUT2D eigenvalue weighted by Gasteiger charge is -2.07. The summed E-state index contributed by atoms with van der Waals surface area (Å²) in [5, 5.41) is 5.76. The van der Waals surface area contributed by atoms with E-state index in [0.29, 0.717) is 16.3 Å². The Labute approximate surface area is 153 Å². The van der Waals surface area contributed by atoms with Gasteiger partial charge in [-0.05, 0) is 37.6 Å². The predicted molar refractivity (Wildman–Crippen MR) is 97.6 cm³/mol. The van der Waals surface area contributed by atoms with E-state index in [1.54, 1.807) is 38.1 Å². The summed E-state index contributed by atoms with van der Waals surface area (Å²) in [4.78, 5) is 36.0. The molecule has 0 aliphatic carbocycles. The fraction of sp³-hybridized carbons (Fsp3) is 0.188. The number of amides is 3. The van der Waals surface area contributed by atoms with Crippen molar-refractivity contribution in [2.45, 2.75) is 13.8 Å². The van der Waals surface area contributed by atoms with Crippen molar-refractivity contribution in [3.63, 3.8) is 0 Å². The highest BCUT2D eigenvalue weighted by molar-refractivity contribution is 7.18. The summed E-state index contributed by atoms with van der Waals surface area (Å²) < 4.78 is 4.95. The number of rotatable bonds is 5.